The Balaban J connectivity index is 1.16. The van der Waals surface area contributed by atoms with Crippen LogP contribution < -0.4 is 0 Å². The Bertz CT molecular complexity index is 1390. The van der Waals surface area contributed by atoms with Gasteiger partial charge < -0.3 is 14.5 Å². The first-order valence-electron chi connectivity index (χ1n) is 14.1. The molecule has 0 saturated carbocycles. The van der Waals surface area contributed by atoms with Crippen molar-refractivity contribution in [3.05, 3.63) is 58.2 Å². The number of carbonyl (C=O) groups excluding carboxylic acids is 2. The van der Waals surface area contributed by atoms with Crippen molar-refractivity contribution in [2.45, 2.75) is 31.7 Å². The van der Waals surface area contributed by atoms with E-state index in [0.717, 1.165) is 44.3 Å². The zero-order chi connectivity index (χ0) is 27.6. The molecule has 3 aromatic rings. The maximum atomic E-state index is 13.9. The number of morpholine rings is 1. The van der Waals surface area contributed by atoms with Gasteiger partial charge in [0.2, 0.25) is 5.91 Å². The number of benzene rings is 2. The van der Waals surface area contributed by atoms with Crippen molar-refractivity contribution in [1.82, 2.24) is 24.7 Å². The van der Waals surface area contributed by atoms with Crippen molar-refractivity contribution in [2.75, 3.05) is 52.5 Å². The third kappa shape index (κ3) is 5.81. The third-order valence-electron chi connectivity index (χ3n) is 8.36. The Labute approximate surface area is 244 Å². The largest absolute Gasteiger partial charge is 0.378 e. The monoisotopic (exact) mass is 581 g/mol. The van der Waals surface area contributed by atoms with Crippen LogP contribution in [0, 0.1) is 5.92 Å². The van der Waals surface area contributed by atoms with E-state index in [1.165, 1.54) is 0 Å². The minimum absolute atomic E-state index is 0.0509. The van der Waals surface area contributed by atoms with Crippen molar-refractivity contribution in [3.63, 3.8) is 0 Å². The molecule has 3 saturated heterocycles. The summed E-state index contributed by atoms with van der Waals surface area (Å²) in [6.45, 7) is 5.73. The van der Waals surface area contributed by atoms with Gasteiger partial charge in [0.05, 0.1) is 24.6 Å². The van der Waals surface area contributed by atoms with Crippen molar-refractivity contribution in [3.8, 4) is 11.4 Å². The lowest BCUT2D eigenvalue weighted by Gasteiger charge is -2.43. The topological polar surface area (TPSA) is 78.9 Å². The van der Waals surface area contributed by atoms with E-state index in [1.54, 1.807) is 24.3 Å². The summed E-state index contributed by atoms with van der Waals surface area (Å²) in [4.78, 5) is 42.8. The molecular formula is C30H33Cl2N5O3. The van der Waals surface area contributed by atoms with Crippen LogP contribution in [0.2, 0.25) is 10.0 Å². The van der Waals surface area contributed by atoms with Gasteiger partial charge in [-0.1, -0.05) is 23.2 Å². The van der Waals surface area contributed by atoms with E-state index in [0.29, 0.717) is 77.9 Å². The van der Waals surface area contributed by atoms with E-state index in [4.69, 9.17) is 37.9 Å². The van der Waals surface area contributed by atoms with E-state index in [2.05, 4.69) is 4.90 Å². The van der Waals surface area contributed by atoms with Gasteiger partial charge in [0.1, 0.15) is 5.69 Å². The Morgan fingerprint density at radius 2 is 1.55 bits per heavy atom. The van der Waals surface area contributed by atoms with E-state index >= 15 is 0 Å². The first-order chi connectivity index (χ1) is 19.5. The minimum Gasteiger partial charge on any atom is -0.378 e. The van der Waals surface area contributed by atoms with Gasteiger partial charge >= 0.3 is 0 Å². The van der Waals surface area contributed by atoms with Crippen LogP contribution in [0.4, 0.5) is 0 Å². The van der Waals surface area contributed by atoms with E-state index in [-0.39, 0.29) is 17.7 Å². The molecule has 8 nitrogen and oxygen atoms in total. The summed E-state index contributed by atoms with van der Waals surface area (Å²) in [5.41, 5.74) is 1.83. The number of halogens is 2. The summed E-state index contributed by atoms with van der Waals surface area (Å²) in [5, 5.41) is 1.81. The number of hydrogen-bond donors (Lipinski definition) is 0. The highest BCUT2D eigenvalue weighted by molar-refractivity contribution is 6.31. The summed E-state index contributed by atoms with van der Waals surface area (Å²) in [5.74, 6) is 0.692. The molecule has 4 heterocycles. The molecule has 6 rings (SSSR count). The molecule has 2 aromatic carbocycles. The first-order valence-corrected chi connectivity index (χ1v) is 14.8. The molecule has 0 N–H and O–H groups in total. The summed E-state index contributed by atoms with van der Waals surface area (Å²) in [6.07, 6.45) is 3.72. The highest BCUT2D eigenvalue weighted by Crippen LogP contribution is 2.29. The molecule has 0 unspecified atom stereocenters. The smallest absolute Gasteiger partial charge is 0.273 e. The number of fused-ring (bicyclic) bond motifs is 1. The number of piperidine rings is 2. The number of hydrogen-bond acceptors (Lipinski definition) is 6. The third-order valence-corrected chi connectivity index (χ3v) is 8.84. The Morgan fingerprint density at radius 1 is 0.825 bits per heavy atom. The quantitative estimate of drug-likeness (QED) is 0.441. The molecule has 3 aliphatic rings. The summed E-state index contributed by atoms with van der Waals surface area (Å²) >= 11 is 12.4. The van der Waals surface area contributed by atoms with Gasteiger partial charge in [-0.05, 0) is 74.7 Å². The molecule has 10 heteroatoms. The lowest BCUT2D eigenvalue weighted by molar-refractivity contribution is -0.141. The second-order valence-corrected chi connectivity index (χ2v) is 11.7. The number of carbonyl (C=O) groups is 2. The lowest BCUT2D eigenvalue weighted by Crippen LogP contribution is -2.53. The standard InChI is InChI=1S/C30H33Cl2N5O3/c31-22-5-3-20(4-6-22)28-33-26-8-7-23(32)18-25(26)27(34-28)30(39)35-12-9-24(10-13-35)37-11-1-2-21(19-37)29(38)36-14-16-40-17-15-36/h3-8,18,21,24H,1-2,9-17,19H2/t21-/m1/s1. The Morgan fingerprint density at radius 3 is 2.30 bits per heavy atom. The average molecular weight is 583 g/mol. The molecule has 0 bridgehead atoms. The van der Waals surface area contributed by atoms with Crippen LogP contribution >= 0.6 is 23.2 Å². The van der Waals surface area contributed by atoms with Crippen LogP contribution in [0.5, 0.6) is 0 Å². The van der Waals surface area contributed by atoms with Crippen LogP contribution in [0.15, 0.2) is 42.5 Å². The SMILES string of the molecule is O=C(c1nc(-c2ccc(Cl)cc2)nc2ccc(Cl)cc12)N1CCC(N2CCC[C@@H](C(=O)N3CCOCC3)C2)CC1. The van der Waals surface area contributed by atoms with Gasteiger partial charge in [-0.3, -0.25) is 14.5 Å². The fourth-order valence-corrected chi connectivity index (χ4v) is 6.46. The van der Waals surface area contributed by atoms with Gasteiger partial charge in [0, 0.05) is 59.8 Å². The molecule has 1 aromatic heterocycles. The second-order valence-electron chi connectivity index (χ2n) is 10.9. The molecule has 210 valence electrons. The summed E-state index contributed by atoms with van der Waals surface area (Å²) in [6, 6.07) is 13.0. The molecule has 0 aliphatic carbocycles. The number of amides is 2. The molecule has 0 radical (unpaired) electrons. The van der Waals surface area contributed by atoms with Crippen LogP contribution in [0.3, 0.4) is 0 Å². The number of aromatic nitrogens is 2. The molecule has 3 fully saturated rings. The Kier molecular flexibility index (Phi) is 8.21. The van der Waals surface area contributed by atoms with Gasteiger partial charge in [0.25, 0.3) is 5.91 Å². The molecule has 40 heavy (non-hydrogen) atoms. The van der Waals surface area contributed by atoms with Crippen molar-refractivity contribution in [2.24, 2.45) is 5.92 Å². The van der Waals surface area contributed by atoms with E-state index in [1.807, 2.05) is 28.0 Å². The molecule has 3 aliphatic heterocycles. The zero-order valence-electron chi connectivity index (χ0n) is 22.4. The highest BCUT2D eigenvalue weighted by Gasteiger charge is 2.35. The maximum absolute atomic E-state index is 13.9. The molecule has 2 amide bonds. The molecule has 0 spiro atoms. The van der Waals surface area contributed by atoms with Crippen molar-refractivity contribution >= 4 is 45.9 Å². The van der Waals surface area contributed by atoms with E-state index < -0.39 is 0 Å². The second kappa shape index (κ2) is 12.0. The van der Waals surface area contributed by atoms with Crippen LogP contribution in [0.25, 0.3) is 22.3 Å². The molecule has 1 atom stereocenters. The van der Waals surface area contributed by atoms with Gasteiger partial charge in [-0.25, -0.2) is 9.97 Å². The van der Waals surface area contributed by atoms with Gasteiger partial charge in [-0.2, -0.15) is 0 Å². The highest BCUT2D eigenvalue weighted by atomic mass is 35.5. The Hall–Kier alpha value is -2.78. The van der Waals surface area contributed by atoms with Crippen LogP contribution in [-0.4, -0.2) is 95.0 Å². The summed E-state index contributed by atoms with van der Waals surface area (Å²) < 4.78 is 5.42. The van der Waals surface area contributed by atoms with Crippen molar-refractivity contribution in [1.29, 1.82) is 0 Å². The van der Waals surface area contributed by atoms with Gasteiger partial charge in [0.15, 0.2) is 5.82 Å². The number of ether oxygens (including phenoxy) is 1. The predicted molar refractivity (Wildman–Crippen MR) is 156 cm³/mol. The molecular weight excluding hydrogens is 549 g/mol. The van der Waals surface area contributed by atoms with Crippen molar-refractivity contribution < 1.29 is 14.3 Å². The number of likely N-dealkylation sites (tertiary alicyclic amines) is 2. The number of nitrogens with zero attached hydrogens (tertiary/aromatic N) is 5. The summed E-state index contributed by atoms with van der Waals surface area (Å²) in [7, 11) is 0. The predicted octanol–water partition coefficient (Wildman–Crippen LogP) is 4.78. The number of rotatable bonds is 4. The first kappa shape index (κ1) is 27.4. The average Bonchev–Trinajstić information content (AvgIpc) is 3.01. The fraction of sp³-hybridized carbons (Fsp3) is 0.467. The normalized spacial score (nSPS) is 21.1. The maximum Gasteiger partial charge on any atom is 0.273 e. The zero-order valence-corrected chi connectivity index (χ0v) is 23.9. The van der Waals surface area contributed by atoms with Crippen LogP contribution in [0.1, 0.15) is 36.2 Å². The van der Waals surface area contributed by atoms with Gasteiger partial charge in [-0.15, -0.1) is 0 Å². The minimum atomic E-state index is -0.109. The fourth-order valence-electron chi connectivity index (χ4n) is 6.16. The van der Waals surface area contributed by atoms with Crippen LogP contribution in [-0.2, 0) is 9.53 Å². The lowest BCUT2D eigenvalue weighted by atomic mass is 9.92. The van der Waals surface area contributed by atoms with E-state index in [9.17, 15) is 9.59 Å².